The summed E-state index contributed by atoms with van der Waals surface area (Å²) >= 11 is 0. The molecule has 3 unspecified atom stereocenters. The van der Waals surface area contributed by atoms with Crippen LogP contribution in [-0.2, 0) is 4.79 Å². The number of hydrogen-bond acceptors (Lipinski definition) is 3. The Balaban J connectivity index is 1.87. The van der Waals surface area contributed by atoms with E-state index in [9.17, 15) is 4.79 Å². The number of carbonyl (C=O) groups excluding carboxylic acids is 1. The molecule has 2 rings (SSSR count). The molecule has 0 aromatic rings. The topological polar surface area (TPSA) is 49.6 Å². The molecule has 1 saturated heterocycles. The van der Waals surface area contributed by atoms with Crippen molar-refractivity contribution in [1.82, 2.24) is 9.80 Å². The van der Waals surface area contributed by atoms with E-state index < -0.39 is 0 Å². The summed E-state index contributed by atoms with van der Waals surface area (Å²) in [6, 6.07) is 0.312. The molecule has 1 aliphatic carbocycles. The lowest BCUT2D eigenvalue weighted by molar-refractivity contribution is -0.138. The van der Waals surface area contributed by atoms with Gasteiger partial charge in [0.25, 0.3) is 0 Å². The van der Waals surface area contributed by atoms with Crippen molar-refractivity contribution in [2.24, 2.45) is 17.6 Å². The van der Waals surface area contributed by atoms with Crippen LogP contribution in [0.25, 0.3) is 0 Å². The fraction of sp³-hybridized carbons (Fsp3) is 0.929. The zero-order valence-electron chi connectivity index (χ0n) is 11.8. The summed E-state index contributed by atoms with van der Waals surface area (Å²) in [4.78, 5) is 16.8. The predicted octanol–water partition coefficient (Wildman–Crippen LogP) is 0.914. The molecule has 2 fully saturated rings. The maximum Gasteiger partial charge on any atom is 0.225 e. The third-order valence-electron chi connectivity index (χ3n) is 4.67. The van der Waals surface area contributed by atoms with Crippen LogP contribution in [-0.4, -0.2) is 55.0 Å². The van der Waals surface area contributed by atoms with Gasteiger partial charge in [0.15, 0.2) is 0 Å². The number of likely N-dealkylation sites (N-methyl/N-ethyl adjacent to an activating group) is 1. The summed E-state index contributed by atoms with van der Waals surface area (Å²) in [5.74, 6) is 1.00. The highest BCUT2D eigenvalue weighted by Crippen LogP contribution is 2.30. The van der Waals surface area contributed by atoms with Crippen LogP contribution in [0.3, 0.4) is 0 Å². The van der Waals surface area contributed by atoms with Crippen LogP contribution in [0.15, 0.2) is 0 Å². The molecular formula is C14H27N3O. The van der Waals surface area contributed by atoms with Crippen LogP contribution in [0.1, 0.15) is 32.6 Å². The van der Waals surface area contributed by atoms with Crippen molar-refractivity contribution >= 4 is 5.91 Å². The molecule has 0 bridgehead atoms. The van der Waals surface area contributed by atoms with Crippen molar-refractivity contribution in [1.29, 1.82) is 0 Å². The first-order chi connectivity index (χ1) is 8.58. The Labute approximate surface area is 110 Å². The first kappa shape index (κ1) is 13.8. The van der Waals surface area contributed by atoms with Crippen LogP contribution in [0.2, 0.25) is 0 Å². The lowest BCUT2D eigenvalue weighted by Gasteiger charge is -2.37. The zero-order chi connectivity index (χ0) is 13.1. The van der Waals surface area contributed by atoms with E-state index in [1.54, 1.807) is 0 Å². The van der Waals surface area contributed by atoms with Gasteiger partial charge in [-0.05, 0) is 32.2 Å². The fourth-order valence-electron chi connectivity index (χ4n) is 3.24. The van der Waals surface area contributed by atoms with Gasteiger partial charge < -0.3 is 15.5 Å². The zero-order valence-corrected chi connectivity index (χ0v) is 11.8. The standard InChI is InChI=1S/C14H27N3O/c1-11(12-4-3-5-13(15)10-12)14(18)17-8-6-16(2)7-9-17/h11-13H,3-10,15H2,1-2H3. The van der Waals surface area contributed by atoms with Gasteiger partial charge in [0.2, 0.25) is 5.91 Å². The Kier molecular flexibility index (Phi) is 4.62. The minimum absolute atomic E-state index is 0.153. The normalized spacial score (nSPS) is 32.3. The molecule has 1 amide bonds. The molecule has 2 N–H and O–H groups in total. The molecule has 3 atom stereocenters. The van der Waals surface area contributed by atoms with Crippen LogP contribution in [0.5, 0.6) is 0 Å². The van der Waals surface area contributed by atoms with Crippen LogP contribution < -0.4 is 5.73 Å². The van der Waals surface area contributed by atoms with E-state index in [0.29, 0.717) is 17.9 Å². The van der Waals surface area contributed by atoms with E-state index in [2.05, 4.69) is 18.9 Å². The second-order valence-corrected chi connectivity index (χ2v) is 6.10. The molecule has 1 saturated carbocycles. The van der Waals surface area contributed by atoms with Gasteiger partial charge in [0.05, 0.1) is 0 Å². The molecule has 18 heavy (non-hydrogen) atoms. The van der Waals surface area contributed by atoms with E-state index in [0.717, 1.165) is 39.0 Å². The second kappa shape index (κ2) is 6.02. The summed E-state index contributed by atoms with van der Waals surface area (Å²) in [5.41, 5.74) is 6.03. The quantitative estimate of drug-likeness (QED) is 0.796. The maximum absolute atomic E-state index is 12.5. The monoisotopic (exact) mass is 253 g/mol. The number of carbonyl (C=O) groups is 1. The van der Waals surface area contributed by atoms with E-state index in [4.69, 9.17) is 5.73 Å². The number of hydrogen-bond donors (Lipinski definition) is 1. The molecule has 1 aliphatic heterocycles. The van der Waals surface area contributed by atoms with E-state index >= 15 is 0 Å². The first-order valence-electron chi connectivity index (χ1n) is 7.31. The summed E-state index contributed by atoms with van der Waals surface area (Å²) < 4.78 is 0. The largest absolute Gasteiger partial charge is 0.340 e. The van der Waals surface area contributed by atoms with Gasteiger partial charge in [-0.3, -0.25) is 4.79 Å². The minimum Gasteiger partial charge on any atom is -0.340 e. The summed E-state index contributed by atoms with van der Waals surface area (Å²) in [7, 11) is 2.12. The van der Waals surface area contributed by atoms with Crippen molar-refractivity contribution in [2.75, 3.05) is 33.2 Å². The Hall–Kier alpha value is -0.610. The van der Waals surface area contributed by atoms with E-state index in [1.807, 2.05) is 4.90 Å². The molecule has 1 heterocycles. The van der Waals surface area contributed by atoms with Crippen LogP contribution in [0.4, 0.5) is 0 Å². The average Bonchev–Trinajstić information content (AvgIpc) is 2.38. The van der Waals surface area contributed by atoms with Gasteiger partial charge in [-0.1, -0.05) is 13.3 Å². The van der Waals surface area contributed by atoms with Crippen molar-refractivity contribution in [3.8, 4) is 0 Å². The van der Waals surface area contributed by atoms with Crippen LogP contribution in [0, 0.1) is 11.8 Å². The van der Waals surface area contributed by atoms with Gasteiger partial charge in [0, 0.05) is 38.1 Å². The summed E-state index contributed by atoms with van der Waals surface area (Å²) in [6.45, 7) is 5.88. The van der Waals surface area contributed by atoms with Gasteiger partial charge in [-0.25, -0.2) is 0 Å². The number of nitrogens with zero attached hydrogens (tertiary/aromatic N) is 2. The third kappa shape index (κ3) is 3.23. The number of piperazine rings is 1. The van der Waals surface area contributed by atoms with Crippen molar-refractivity contribution in [3.63, 3.8) is 0 Å². The Morgan fingerprint density at radius 2 is 1.89 bits per heavy atom. The van der Waals surface area contributed by atoms with Crippen molar-refractivity contribution < 1.29 is 4.79 Å². The highest BCUT2D eigenvalue weighted by atomic mass is 16.2. The molecule has 4 heteroatoms. The highest BCUT2D eigenvalue weighted by Gasteiger charge is 2.31. The van der Waals surface area contributed by atoms with Crippen LogP contribution >= 0.6 is 0 Å². The highest BCUT2D eigenvalue weighted by molar-refractivity contribution is 5.79. The summed E-state index contributed by atoms with van der Waals surface area (Å²) in [5, 5.41) is 0. The number of nitrogens with two attached hydrogens (primary N) is 1. The predicted molar refractivity (Wildman–Crippen MR) is 73.2 cm³/mol. The Morgan fingerprint density at radius 1 is 1.22 bits per heavy atom. The fourth-order valence-corrected chi connectivity index (χ4v) is 3.24. The minimum atomic E-state index is 0.153. The van der Waals surface area contributed by atoms with E-state index in [1.165, 1.54) is 12.8 Å². The Bertz CT molecular complexity index is 287. The molecule has 0 radical (unpaired) electrons. The van der Waals surface area contributed by atoms with Crippen molar-refractivity contribution in [2.45, 2.75) is 38.6 Å². The third-order valence-corrected chi connectivity index (χ3v) is 4.67. The molecule has 2 aliphatic rings. The SMILES string of the molecule is CC(C(=O)N1CCN(C)CC1)C1CCCC(N)C1. The van der Waals surface area contributed by atoms with E-state index in [-0.39, 0.29) is 5.92 Å². The Morgan fingerprint density at radius 3 is 2.50 bits per heavy atom. The lowest BCUT2D eigenvalue weighted by atomic mass is 9.78. The molecule has 0 spiro atoms. The summed E-state index contributed by atoms with van der Waals surface area (Å²) in [6.07, 6.45) is 4.52. The van der Waals surface area contributed by atoms with Gasteiger partial charge in [-0.2, -0.15) is 0 Å². The van der Waals surface area contributed by atoms with Gasteiger partial charge in [-0.15, -0.1) is 0 Å². The molecule has 104 valence electrons. The van der Waals surface area contributed by atoms with Gasteiger partial charge in [0.1, 0.15) is 0 Å². The lowest BCUT2D eigenvalue weighted by Crippen LogP contribution is -2.50. The molecule has 0 aromatic heterocycles. The van der Waals surface area contributed by atoms with Gasteiger partial charge >= 0.3 is 0 Å². The first-order valence-corrected chi connectivity index (χ1v) is 7.31. The molecule has 0 aromatic carbocycles. The van der Waals surface area contributed by atoms with Crippen molar-refractivity contribution in [3.05, 3.63) is 0 Å². The maximum atomic E-state index is 12.5. The number of amides is 1. The number of rotatable bonds is 2. The second-order valence-electron chi connectivity index (χ2n) is 6.10. The average molecular weight is 253 g/mol. The smallest absolute Gasteiger partial charge is 0.225 e. The molecule has 4 nitrogen and oxygen atoms in total. The molecular weight excluding hydrogens is 226 g/mol.